The van der Waals surface area contributed by atoms with Gasteiger partial charge in [0.2, 0.25) is 5.95 Å². The Morgan fingerprint density at radius 1 is 0.889 bits per heavy atom. The Morgan fingerprint density at radius 3 is 2.74 bits per heavy atom. The van der Waals surface area contributed by atoms with Crippen LogP contribution < -0.4 is 11.1 Å². The van der Waals surface area contributed by atoms with Gasteiger partial charge in [0.05, 0.1) is 17.2 Å². The third-order valence-corrected chi connectivity index (χ3v) is 4.42. The van der Waals surface area contributed by atoms with E-state index in [-0.39, 0.29) is 0 Å². The second kappa shape index (κ2) is 6.06. The number of hydrogen-bond acceptors (Lipinski definition) is 6. The number of fused-ring (bicyclic) bond motifs is 2. The summed E-state index contributed by atoms with van der Waals surface area (Å²) in [6.07, 6.45) is 5.27. The second-order valence-corrected chi connectivity index (χ2v) is 6.21. The van der Waals surface area contributed by atoms with Crippen molar-refractivity contribution in [1.82, 2.24) is 25.1 Å². The number of pyridine rings is 1. The van der Waals surface area contributed by atoms with E-state index in [4.69, 9.17) is 5.73 Å². The van der Waals surface area contributed by atoms with Gasteiger partial charge in [-0.3, -0.25) is 10.1 Å². The van der Waals surface area contributed by atoms with Crippen molar-refractivity contribution in [2.75, 3.05) is 11.1 Å². The van der Waals surface area contributed by atoms with Crippen LogP contribution in [0.15, 0.2) is 67.1 Å². The zero-order valence-electron chi connectivity index (χ0n) is 14.2. The molecule has 27 heavy (non-hydrogen) atoms. The SMILES string of the molecule is Nc1nc(Nc2ccc3[nH]ncc3c2)ncc1-c1cnc2ccccc2c1. The summed E-state index contributed by atoms with van der Waals surface area (Å²) < 4.78 is 0. The van der Waals surface area contributed by atoms with Crippen molar-refractivity contribution in [2.45, 2.75) is 0 Å². The minimum atomic E-state index is 0.397. The summed E-state index contributed by atoms with van der Waals surface area (Å²) in [7, 11) is 0. The predicted octanol–water partition coefficient (Wildman–Crippen LogP) is 3.89. The molecule has 0 fully saturated rings. The molecule has 0 saturated heterocycles. The molecule has 0 unspecified atom stereocenters. The third-order valence-electron chi connectivity index (χ3n) is 4.42. The number of nitrogens with two attached hydrogens (primary N) is 1. The fourth-order valence-electron chi connectivity index (χ4n) is 3.05. The van der Waals surface area contributed by atoms with Crippen molar-refractivity contribution >= 4 is 39.3 Å². The molecule has 7 nitrogen and oxygen atoms in total. The first-order valence-corrected chi connectivity index (χ1v) is 8.44. The molecule has 0 aliphatic heterocycles. The van der Waals surface area contributed by atoms with Crippen LogP contribution in [-0.4, -0.2) is 25.1 Å². The summed E-state index contributed by atoms with van der Waals surface area (Å²) in [6.45, 7) is 0. The standard InChI is InChI=1S/C20H15N7/c21-19-16(13-7-12-3-1-2-4-17(12)22-9-13)11-23-20(26-19)25-15-5-6-18-14(8-15)10-24-27-18/h1-11H,(H,24,27)(H3,21,23,25,26). The highest BCUT2D eigenvalue weighted by molar-refractivity contribution is 5.86. The number of nitrogens with zero attached hydrogens (tertiary/aromatic N) is 4. The first-order valence-electron chi connectivity index (χ1n) is 8.44. The van der Waals surface area contributed by atoms with E-state index >= 15 is 0 Å². The fraction of sp³-hybridized carbons (Fsp3) is 0. The van der Waals surface area contributed by atoms with Gasteiger partial charge in [-0.2, -0.15) is 10.1 Å². The van der Waals surface area contributed by atoms with Crippen LogP contribution in [-0.2, 0) is 0 Å². The highest BCUT2D eigenvalue weighted by Gasteiger charge is 2.09. The minimum absolute atomic E-state index is 0.397. The van der Waals surface area contributed by atoms with Crippen LogP contribution in [0.4, 0.5) is 17.5 Å². The molecular weight excluding hydrogens is 338 g/mol. The molecule has 0 amide bonds. The maximum atomic E-state index is 6.19. The Kier molecular flexibility index (Phi) is 3.43. The summed E-state index contributed by atoms with van der Waals surface area (Å²) >= 11 is 0. The Hall–Kier alpha value is -4.00. The van der Waals surface area contributed by atoms with Crippen molar-refractivity contribution in [2.24, 2.45) is 0 Å². The number of H-pyrrole nitrogens is 1. The normalized spacial score (nSPS) is 11.1. The van der Waals surface area contributed by atoms with Crippen molar-refractivity contribution in [3.8, 4) is 11.1 Å². The van der Waals surface area contributed by atoms with Gasteiger partial charge >= 0.3 is 0 Å². The lowest BCUT2D eigenvalue weighted by Crippen LogP contribution is -2.02. The molecular formula is C20H15N7. The van der Waals surface area contributed by atoms with E-state index in [0.29, 0.717) is 11.8 Å². The molecule has 4 N–H and O–H groups in total. The van der Waals surface area contributed by atoms with E-state index in [9.17, 15) is 0 Å². The number of hydrogen-bond donors (Lipinski definition) is 3. The van der Waals surface area contributed by atoms with E-state index in [1.54, 1.807) is 18.6 Å². The van der Waals surface area contributed by atoms with Gasteiger partial charge in [-0.05, 0) is 30.3 Å². The molecule has 7 heteroatoms. The Labute approximate surface area is 154 Å². The van der Waals surface area contributed by atoms with Gasteiger partial charge in [0.1, 0.15) is 5.82 Å². The zero-order chi connectivity index (χ0) is 18.2. The summed E-state index contributed by atoms with van der Waals surface area (Å²) in [5, 5.41) is 12.2. The maximum Gasteiger partial charge on any atom is 0.229 e. The van der Waals surface area contributed by atoms with Crippen molar-refractivity contribution < 1.29 is 0 Å². The summed E-state index contributed by atoms with van der Waals surface area (Å²) in [5.74, 6) is 0.835. The lowest BCUT2D eigenvalue weighted by atomic mass is 10.1. The minimum Gasteiger partial charge on any atom is -0.383 e. The van der Waals surface area contributed by atoms with Crippen molar-refractivity contribution in [3.63, 3.8) is 0 Å². The number of nitrogen functional groups attached to an aromatic ring is 1. The summed E-state index contributed by atoms with van der Waals surface area (Å²) in [6, 6.07) is 15.8. The van der Waals surface area contributed by atoms with E-state index < -0.39 is 0 Å². The average molecular weight is 353 g/mol. The van der Waals surface area contributed by atoms with E-state index in [1.165, 1.54) is 0 Å². The first kappa shape index (κ1) is 15.3. The lowest BCUT2D eigenvalue weighted by Gasteiger charge is -2.09. The number of rotatable bonds is 3. The Balaban J connectivity index is 1.47. The number of aromatic amines is 1. The van der Waals surface area contributed by atoms with Crippen LogP contribution in [0.3, 0.4) is 0 Å². The predicted molar refractivity (Wildman–Crippen MR) is 107 cm³/mol. The van der Waals surface area contributed by atoms with Crippen molar-refractivity contribution in [1.29, 1.82) is 0 Å². The molecule has 0 radical (unpaired) electrons. The molecule has 3 heterocycles. The molecule has 3 aromatic heterocycles. The summed E-state index contributed by atoms with van der Waals surface area (Å²) in [4.78, 5) is 13.3. The van der Waals surface area contributed by atoms with Crippen LogP contribution in [0.1, 0.15) is 0 Å². The van der Waals surface area contributed by atoms with Gasteiger partial charge in [0.15, 0.2) is 0 Å². The number of benzene rings is 2. The van der Waals surface area contributed by atoms with Crippen LogP contribution in [0.2, 0.25) is 0 Å². The van der Waals surface area contributed by atoms with Gasteiger partial charge in [-0.15, -0.1) is 0 Å². The maximum absolute atomic E-state index is 6.19. The largest absolute Gasteiger partial charge is 0.383 e. The molecule has 0 atom stereocenters. The average Bonchev–Trinajstić information content (AvgIpc) is 3.16. The monoisotopic (exact) mass is 353 g/mol. The molecule has 5 rings (SSSR count). The number of aromatic nitrogens is 5. The van der Waals surface area contributed by atoms with Crippen LogP contribution in [0.5, 0.6) is 0 Å². The van der Waals surface area contributed by atoms with Gasteiger partial charge in [0, 0.05) is 40.0 Å². The van der Waals surface area contributed by atoms with Crippen LogP contribution in [0.25, 0.3) is 32.9 Å². The number of para-hydroxylation sites is 1. The topological polar surface area (TPSA) is 105 Å². The quantitative estimate of drug-likeness (QED) is 0.454. The Bertz CT molecular complexity index is 1280. The second-order valence-electron chi connectivity index (χ2n) is 6.21. The molecule has 0 bridgehead atoms. The first-order chi connectivity index (χ1) is 13.3. The molecule has 0 aliphatic carbocycles. The van der Waals surface area contributed by atoms with Crippen LogP contribution >= 0.6 is 0 Å². The fourth-order valence-corrected chi connectivity index (χ4v) is 3.05. The van der Waals surface area contributed by atoms with E-state index in [1.807, 2.05) is 48.5 Å². The van der Waals surface area contributed by atoms with Crippen LogP contribution in [0, 0.1) is 0 Å². The zero-order valence-corrected chi connectivity index (χ0v) is 14.2. The highest BCUT2D eigenvalue weighted by atomic mass is 15.1. The van der Waals surface area contributed by atoms with Crippen molar-refractivity contribution in [3.05, 3.63) is 67.1 Å². The Morgan fingerprint density at radius 2 is 1.81 bits per heavy atom. The smallest absolute Gasteiger partial charge is 0.229 e. The molecule has 2 aromatic carbocycles. The molecule has 0 spiro atoms. The third kappa shape index (κ3) is 2.81. The number of nitrogens with one attached hydrogen (secondary N) is 2. The number of anilines is 3. The van der Waals surface area contributed by atoms with E-state index in [2.05, 4.69) is 30.5 Å². The van der Waals surface area contributed by atoms with Gasteiger partial charge in [0.25, 0.3) is 0 Å². The van der Waals surface area contributed by atoms with Gasteiger partial charge in [-0.25, -0.2) is 4.98 Å². The van der Waals surface area contributed by atoms with E-state index in [0.717, 1.165) is 38.6 Å². The molecule has 130 valence electrons. The molecule has 0 aliphatic rings. The van der Waals surface area contributed by atoms with Gasteiger partial charge in [-0.1, -0.05) is 18.2 Å². The molecule has 5 aromatic rings. The molecule has 0 saturated carbocycles. The highest BCUT2D eigenvalue weighted by Crippen LogP contribution is 2.27. The summed E-state index contributed by atoms with van der Waals surface area (Å²) in [5.41, 5.74) is 10.6. The lowest BCUT2D eigenvalue weighted by molar-refractivity contribution is 1.12. The van der Waals surface area contributed by atoms with Gasteiger partial charge < -0.3 is 11.1 Å².